The first-order valence-electron chi connectivity index (χ1n) is 8.07. The Hall–Kier alpha value is -3.82. The summed E-state index contributed by atoms with van der Waals surface area (Å²) in [5, 5.41) is 16.0. The number of benzene rings is 1. The first kappa shape index (κ1) is 18.0. The van der Waals surface area contributed by atoms with E-state index in [1.54, 1.807) is 18.3 Å². The van der Waals surface area contributed by atoms with Gasteiger partial charge in [-0.2, -0.15) is 0 Å². The van der Waals surface area contributed by atoms with Crippen molar-refractivity contribution in [3.63, 3.8) is 0 Å². The zero-order valence-electron chi connectivity index (χ0n) is 14.0. The molecule has 3 rings (SSSR count). The maximum absolute atomic E-state index is 12.3. The second kappa shape index (κ2) is 7.60. The Morgan fingerprint density at radius 2 is 1.96 bits per heavy atom. The molecule has 1 aromatic heterocycles. The van der Waals surface area contributed by atoms with Gasteiger partial charge in [0.2, 0.25) is 0 Å². The molecule has 0 radical (unpaired) electrons. The summed E-state index contributed by atoms with van der Waals surface area (Å²) in [6.07, 6.45) is 3.42. The highest BCUT2D eigenvalue weighted by atomic mass is 16.6. The van der Waals surface area contributed by atoms with E-state index in [-0.39, 0.29) is 29.9 Å². The van der Waals surface area contributed by atoms with Crippen LogP contribution in [0, 0.1) is 10.1 Å². The van der Waals surface area contributed by atoms with Gasteiger partial charge in [-0.1, -0.05) is 0 Å². The molecular weight excluding hydrogens is 354 g/mol. The molecule has 2 N–H and O–H groups in total. The first-order chi connectivity index (χ1) is 13.0. The number of aromatic nitrogens is 1. The minimum Gasteiger partial charge on any atom is -0.338 e. The number of amides is 4. The fourth-order valence-electron chi connectivity index (χ4n) is 2.65. The van der Waals surface area contributed by atoms with E-state index < -0.39 is 22.8 Å². The van der Waals surface area contributed by atoms with Crippen molar-refractivity contribution in [3.8, 4) is 0 Å². The summed E-state index contributed by atoms with van der Waals surface area (Å²) >= 11 is 0. The van der Waals surface area contributed by atoms with Crippen LogP contribution in [-0.2, 0) is 0 Å². The zero-order chi connectivity index (χ0) is 19.4. The number of hydrogen-bond acceptors (Lipinski definition) is 6. The van der Waals surface area contributed by atoms with Crippen LogP contribution in [0.2, 0.25) is 0 Å². The van der Waals surface area contributed by atoms with Gasteiger partial charge in [0.15, 0.2) is 0 Å². The predicted molar refractivity (Wildman–Crippen MR) is 94.3 cm³/mol. The number of anilines is 1. The van der Waals surface area contributed by atoms with Crippen molar-refractivity contribution in [1.82, 2.24) is 15.2 Å². The number of carbonyl (C=O) groups excluding carboxylic acids is 3. The first-order valence-corrected chi connectivity index (χ1v) is 8.07. The topological polar surface area (TPSA) is 135 Å². The lowest BCUT2D eigenvalue weighted by Crippen LogP contribution is -2.35. The minimum absolute atomic E-state index is 0.0245. The molecule has 0 atom stereocenters. The van der Waals surface area contributed by atoms with E-state index in [2.05, 4.69) is 15.6 Å². The molecule has 0 saturated heterocycles. The van der Waals surface area contributed by atoms with Crippen LogP contribution in [0.5, 0.6) is 0 Å². The van der Waals surface area contributed by atoms with Gasteiger partial charge < -0.3 is 10.6 Å². The SMILES string of the molecule is O=C(NCCCN1C(=O)c2ccc([N+](=O)[O-])cc2C1=O)Nc1cccnc1. The fraction of sp³-hybridized carbons (Fsp3) is 0.176. The Labute approximate surface area is 153 Å². The average molecular weight is 369 g/mol. The van der Waals surface area contributed by atoms with Crippen LogP contribution < -0.4 is 10.6 Å². The van der Waals surface area contributed by atoms with Crippen LogP contribution in [-0.4, -0.2) is 45.7 Å². The van der Waals surface area contributed by atoms with E-state index in [1.165, 1.54) is 18.3 Å². The summed E-state index contributed by atoms with van der Waals surface area (Å²) in [7, 11) is 0. The van der Waals surface area contributed by atoms with Gasteiger partial charge in [-0.05, 0) is 24.6 Å². The molecule has 10 nitrogen and oxygen atoms in total. The van der Waals surface area contributed by atoms with Crippen LogP contribution in [0.25, 0.3) is 0 Å². The smallest absolute Gasteiger partial charge is 0.319 e. The molecule has 2 aromatic rings. The van der Waals surface area contributed by atoms with Gasteiger partial charge in [-0.3, -0.25) is 29.6 Å². The summed E-state index contributed by atoms with van der Waals surface area (Å²) in [6, 6.07) is 6.52. The third kappa shape index (κ3) is 3.89. The van der Waals surface area contributed by atoms with Crippen molar-refractivity contribution >= 4 is 29.2 Å². The summed E-state index contributed by atoms with van der Waals surface area (Å²) in [6.45, 7) is 0.326. The highest BCUT2D eigenvalue weighted by molar-refractivity contribution is 6.21. The second-order valence-corrected chi connectivity index (χ2v) is 5.73. The Morgan fingerprint density at radius 3 is 2.67 bits per heavy atom. The number of fused-ring (bicyclic) bond motifs is 1. The van der Waals surface area contributed by atoms with Crippen LogP contribution >= 0.6 is 0 Å². The van der Waals surface area contributed by atoms with Crippen molar-refractivity contribution in [2.24, 2.45) is 0 Å². The lowest BCUT2D eigenvalue weighted by atomic mass is 10.1. The molecule has 10 heteroatoms. The number of rotatable bonds is 6. The van der Waals surface area contributed by atoms with E-state index in [0.29, 0.717) is 12.1 Å². The molecule has 138 valence electrons. The molecule has 0 saturated carbocycles. The van der Waals surface area contributed by atoms with Gasteiger partial charge in [0.1, 0.15) is 0 Å². The summed E-state index contributed by atoms with van der Waals surface area (Å²) in [4.78, 5) is 51.5. The number of imide groups is 1. The Balaban J connectivity index is 1.51. The van der Waals surface area contributed by atoms with Crippen molar-refractivity contribution in [2.75, 3.05) is 18.4 Å². The van der Waals surface area contributed by atoms with Gasteiger partial charge in [0.05, 0.1) is 27.9 Å². The van der Waals surface area contributed by atoms with E-state index in [4.69, 9.17) is 0 Å². The number of nitro benzene ring substituents is 1. The minimum atomic E-state index is -0.620. The maximum Gasteiger partial charge on any atom is 0.319 e. The molecule has 0 spiro atoms. The molecular formula is C17H15N5O5. The summed E-state index contributed by atoms with van der Waals surface area (Å²) in [5.74, 6) is -1.07. The molecule has 27 heavy (non-hydrogen) atoms. The number of hydrogen-bond donors (Lipinski definition) is 2. The van der Waals surface area contributed by atoms with Crippen molar-refractivity contribution in [3.05, 3.63) is 64.0 Å². The number of carbonyl (C=O) groups is 3. The normalized spacial score (nSPS) is 12.7. The van der Waals surface area contributed by atoms with Gasteiger partial charge in [-0.15, -0.1) is 0 Å². The molecule has 0 aliphatic carbocycles. The van der Waals surface area contributed by atoms with Crippen LogP contribution in [0.1, 0.15) is 27.1 Å². The van der Waals surface area contributed by atoms with E-state index in [0.717, 1.165) is 11.0 Å². The quantitative estimate of drug-likeness (QED) is 0.345. The lowest BCUT2D eigenvalue weighted by Gasteiger charge is -2.14. The average Bonchev–Trinajstić information content (AvgIpc) is 2.90. The molecule has 2 heterocycles. The molecule has 1 aliphatic rings. The van der Waals surface area contributed by atoms with Gasteiger partial charge in [-0.25, -0.2) is 4.79 Å². The Kier molecular flexibility index (Phi) is 5.06. The molecule has 0 unspecified atom stereocenters. The van der Waals surface area contributed by atoms with Crippen LogP contribution in [0.3, 0.4) is 0 Å². The number of pyridine rings is 1. The molecule has 1 aromatic carbocycles. The van der Waals surface area contributed by atoms with Gasteiger partial charge in [0, 0.05) is 31.4 Å². The van der Waals surface area contributed by atoms with Crippen molar-refractivity contribution < 1.29 is 19.3 Å². The lowest BCUT2D eigenvalue weighted by molar-refractivity contribution is -0.384. The summed E-state index contributed by atoms with van der Waals surface area (Å²) < 4.78 is 0. The van der Waals surface area contributed by atoms with E-state index in [1.807, 2.05) is 0 Å². The standard InChI is InChI=1S/C17H15N5O5/c23-15-13-5-4-12(22(26)27)9-14(13)16(24)21(15)8-2-7-19-17(25)20-11-3-1-6-18-10-11/h1,3-6,9-10H,2,7-8H2,(H2,19,20,25). The highest BCUT2D eigenvalue weighted by Crippen LogP contribution is 2.26. The van der Waals surface area contributed by atoms with Crippen LogP contribution in [0.4, 0.5) is 16.2 Å². The largest absolute Gasteiger partial charge is 0.338 e. The van der Waals surface area contributed by atoms with Crippen molar-refractivity contribution in [2.45, 2.75) is 6.42 Å². The Bertz CT molecular complexity index is 915. The molecule has 1 aliphatic heterocycles. The fourth-order valence-corrected chi connectivity index (χ4v) is 2.65. The number of nitrogens with one attached hydrogen (secondary N) is 2. The van der Waals surface area contributed by atoms with Crippen LogP contribution in [0.15, 0.2) is 42.7 Å². The predicted octanol–water partition coefficient (Wildman–Crippen LogP) is 1.80. The van der Waals surface area contributed by atoms with Gasteiger partial charge >= 0.3 is 6.03 Å². The third-order valence-electron chi connectivity index (χ3n) is 3.93. The number of urea groups is 1. The summed E-state index contributed by atoms with van der Waals surface area (Å²) in [5.41, 5.74) is 0.465. The molecule has 4 amide bonds. The number of nitrogens with zero attached hydrogens (tertiary/aromatic N) is 3. The van der Waals surface area contributed by atoms with E-state index >= 15 is 0 Å². The molecule has 0 fully saturated rings. The van der Waals surface area contributed by atoms with Crippen molar-refractivity contribution in [1.29, 1.82) is 0 Å². The zero-order valence-corrected chi connectivity index (χ0v) is 14.0. The highest BCUT2D eigenvalue weighted by Gasteiger charge is 2.36. The number of non-ortho nitro benzene ring substituents is 1. The molecule has 0 bridgehead atoms. The van der Waals surface area contributed by atoms with Gasteiger partial charge in [0.25, 0.3) is 17.5 Å². The maximum atomic E-state index is 12.3. The van der Waals surface area contributed by atoms with E-state index in [9.17, 15) is 24.5 Å². The Morgan fingerprint density at radius 1 is 1.19 bits per heavy atom. The second-order valence-electron chi connectivity index (χ2n) is 5.73. The number of nitro groups is 1. The monoisotopic (exact) mass is 369 g/mol. The third-order valence-corrected chi connectivity index (χ3v) is 3.93.